The van der Waals surface area contributed by atoms with Crippen LogP contribution in [-0.2, 0) is 9.53 Å². The molecule has 0 fully saturated rings. The molecule has 0 aliphatic carbocycles. The molecule has 2 aliphatic rings. The summed E-state index contributed by atoms with van der Waals surface area (Å²) in [5.41, 5.74) is 1.37. The van der Waals surface area contributed by atoms with Gasteiger partial charge in [0.15, 0.2) is 5.84 Å². The smallest absolute Gasteiger partial charge is 0.275 e. The van der Waals surface area contributed by atoms with Crippen LogP contribution in [0.1, 0.15) is 12.5 Å². The largest absolute Gasteiger partial charge is 0.508 e. The number of hydrogen-bond donors (Lipinski definition) is 3. The zero-order valence-electron chi connectivity index (χ0n) is 11.1. The monoisotopic (exact) mass is 287 g/mol. The highest BCUT2D eigenvalue weighted by Crippen LogP contribution is 2.18. The Hall–Kier alpha value is -2.51. The van der Waals surface area contributed by atoms with Gasteiger partial charge in [0.2, 0.25) is 0 Å². The van der Waals surface area contributed by atoms with Gasteiger partial charge in [-0.3, -0.25) is 4.79 Å². The summed E-state index contributed by atoms with van der Waals surface area (Å²) in [7, 11) is 0. The molecular formula is C14H13N3O4. The number of carbonyl (C=O) groups excluding carboxylic acids is 1. The van der Waals surface area contributed by atoms with E-state index in [9.17, 15) is 15.0 Å². The minimum absolute atomic E-state index is 0.150. The first-order chi connectivity index (χ1) is 10.0. The number of hydrogen-bond acceptors (Lipinski definition) is 6. The van der Waals surface area contributed by atoms with Gasteiger partial charge in [0, 0.05) is 0 Å². The molecule has 3 N–H and O–H groups in total. The number of ether oxygens (including phenoxy) is 1. The molecule has 0 saturated heterocycles. The fraction of sp³-hybridized carbons (Fsp3) is 0.214. The Kier molecular flexibility index (Phi) is 3.28. The minimum Gasteiger partial charge on any atom is -0.508 e. The van der Waals surface area contributed by atoms with Gasteiger partial charge in [-0.15, -0.1) is 0 Å². The minimum atomic E-state index is -1.22. The molecule has 1 aromatic carbocycles. The second-order valence-corrected chi connectivity index (χ2v) is 4.65. The lowest BCUT2D eigenvalue weighted by molar-refractivity contribution is -0.115. The first-order valence-electron chi connectivity index (χ1n) is 6.35. The van der Waals surface area contributed by atoms with Crippen LogP contribution >= 0.6 is 0 Å². The van der Waals surface area contributed by atoms with Crippen LogP contribution < -0.4 is 5.32 Å². The van der Waals surface area contributed by atoms with E-state index in [1.54, 1.807) is 25.1 Å². The standard InChI is InChI=1S/C14H13N3O4/c1-7-11(16-14(20)21-7)12-15-10(13(19)17-12)6-8-2-4-9(18)5-3-8/h2-7,14,18,20H,1H3,(H,15,17,19)/b10-6+. The van der Waals surface area contributed by atoms with Crippen LogP contribution in [-0.4, -0.2) is 40.2 Å². The maximum Gasteiger partial charge on any atom is 0.275 e. The molecule has 0 radical (unpaired) electrons. The molecule has 0 spiro atoms. The Bertz CT molecular complexity index is 676. The third kappa shape index (κ3) is 2.69. The van der Waals surface area contributed by atoms with Crippen molar-refractivity contribution in [2.45, 2.75) is 19.4 Å². The van der Waals surface area contributed by atoms with E-state index < -0.39 is 12.5 Å². The van der Waals surface area contributed by atoms with Crippen LogP contribution in [0.3, 0.4) is 0 Å². The summed E-state index contributed by atoms with van der Waals surface area (Å²) >= 11 is 0. The van der Waals surface area contributed by atoms with Crippen molar-refractivity contribution in [2.75, 3.05) is 0 Å². The molecule has 21 heavy (non-hydrogen) atoms. The molecule has 3 rings (SSSR count). The topological polar surface area (TPSA) is 104 Å². The van der Waals surface area contributed by atoms with E-state index in [1.807, 2.05) is 0 Å². The van der Waals surface area contributed by atoms with Crippen molar-refractivity contribution < 1.29 is 19.7 Å². The van der Waals surface area contributed by atoms with E-state index >= 15 is 0 Å². The molecule has 2 aliphatic heterocycles. The van der Waals surface area contributed by atoms with E-state index in [-0.39, 0.29) is 23.2 Å². The molecule has 2 heterocycles. The first kappa shape index (κ1) is 13.5. The van der Waals surface area contributed by atoms with Gasteiger partial charge in [-0.25, -0.2) is 9.98 Å². The molecule has 2 atom stereocenters. The van der Waals surface area contributed by atoms with Crippen molar-refractivity contribution in [1.82, 2.24) is 5.32 Å². The number of nitrogens with one attached hydrogen (secondary N) is 1. The Morgan fingerprint density at radius 1 is 1.33 bits per heavy atom. The average molecular weight is 287 g/mol. The van der Waals surface area contributed by atoms with Gasteiger partial charge in [0.25, 0.3) is 12.3 Å². The lowest BCUT2D eigenvalue weighted by Gasteiger charge is -2.05. The summed E-state index contributed by atoms with van der Waals surface area (Å²) in [6.45, 7) is 1.71. The second kappa shape index (κ2) is 5.12. The highest BCUT2D eigenvalue weighted by atomic mass is 16.6. The number of benzene rings is 1. The van der Waals surface area contributed by atoms with E-state index in [0.29, 0.717) is 5.71 Å². The van der Waals surface area contributed by atoms with Gasteiger partial charge >= 0.3 is 0 Å². The zero-order valence-corrected chi connectivity index (χ0v) is 11.1. The second-order valence-electron chi connectivity index (χ2n) is 4.65. The predicted octanol–water partition coefficient (Wildman–Crippen LogP) is 0.397. The number of aromatic hydroxyl groups is 1. The quantitative estimate of drug-likeness (QED) is 0.685. The van der Waals surface area contributed by atoms with E-state index in [0.717, 1.165) is 5.56 Å². The van der Waals surface area contributed by atoms with Gasteiger partial charge in [0.05, 0.1) is 0 Å². The molecular weight excluding hydrogens is 274 g/mol. The number of nitrogens with zero attached hydrogens (tertiary/aromatic N) is 2. The molecule has 7 heteroatoms. The molecule has 7 nitrogen and oxygen atoms in total. The van der Waals surface area contributed by atoms with Crippen LogP contribution in [0.15, 0.2) is 39.9 Å². The van der Waals surface area contributed by atoms with Gasteiger partial charge in [0.1, 0.15) is 23.3 Å². The number of aliphatic imine (C=N–C) groups is 2. The van der Waals surface area contributed by atoms with E-state index in [2.05, 4.69) is 15.3 Å². The molecule has 0 saturated carbocycles. The lowest BCUT2D eigenvalue weighted by Crippen LogP contribution is -2.35. The summed E-state index contributed by atoms with van der Waals surface area (Å²) in [6.07, 6.45) is -0.0639. The maximum atomic E-state index is 11.9. The summed E-state index contributed by atoms with van der Waals surface area (Å²) in [4.78, 5) is 20.0. The fourth-order valence-corrected chi connectivity index (χ4v) is 2.07. The SMILES string of the molecule is CC1OC(O)N=C1C1=N/C(=C/c2ccc(O)cc2)C(=O)N1. The number of carbonyl (C=O) groups is 1. The number of rotatable bonds is 2. The van der Waals surface area contributed by atoms with Gasteiger partial charge < -0.3 is 20.3 Å². The summed E-state index contributed by atoms with van der Waals surface area (Å²) in [6, 6.07) is 6.39. The Morgan fingerprint density at radius 2 is 2.05 bits per heavy atom. The highest BCUT2D eigenvalue weighted by molar-refractivity contribution is 6.48. The molecule has 1 amide bonds. The zero-order chi connectivity index (χ0) is 15.0. The van der Waals surface area contributed by atoms with Crippen molar-refractivity contribution in [1.29, 1.82) is 0 Å². The third-order valence-corrected chi connectivity index (χ3v) is 3.10. The summed E-state index contributed by atoms with van der Waals surface area (Å²) in [5.74, 6) is 0.0842. The number of aliphatic hydroxyl groups is 1. The van der Waals surface area contributed by atoms with Crippen molar-refractivity contribution in [2.24, 2.45) is 9.98 Å². The molecule has 0 bridgehead atoms. The normalized spacial score (nSPS) is 26.8. The van der Waals surface area contributed by atoms with Crippen molar-refractivity contribution >= 4 is 23.5 Å². The van der Waals surface area contributed by atoms with Crippen molar-refractivity contribution in [3.8, 4) is 5.75 Å². The Morgan fingerprint density at radius 3 is 2.67 bits per heavy atom. The predicted molar refractivity (Wildman–Crippen MR) is 75.7 cm³/mol. The Labute approximate surface area is 120 Å². The van der Waals surface area contributed by atoms with E-state index in [4.69, 9.17) is 4.74 Å². The Balaban J connectivity index is 1.89. The van der Waals surface area contributed by atoms with Gasteiger partial charge in [-0.1, -0.05) is 12.1 Å². The number of phenolic OH excluding ortho intramolecular Hbond substituents is 1. The van der Waals surface area contributed by atoms with Crippen molar-refractivity contribution in [3.63, 3.8) is 0 Å². The average Bonchev–Trinajstić information content (AvgIpc) is 2.95. The molecule has 1 aromatic rings. The van der Waals surface area contributed by atoms with E-state index in [1.165, 1.54) is 12.1 Å². The molecule has 2 unspecified atom stereocenters. The summed E-state index contributed by atoms with van der Waals surface area (Å²) in [5, 5.41) is 21.1. The number of amidine groups is 1. The van der Waals surface area contributed by atoms with Gasteiger partial charge in [-0.2, -0.15) is 0 Å². The van der Waals surface area contributed by atoms with Crippen LogP contribution in [0.4, 0.5) is 0 Å². The summed E-state index contributed by atoms with van der Waals surface area (Å²) < 4.78 is 5.06. The maximum absolute atomic E-state index is 11.9. The number of phenols is 1. The van der Waals surface area contributed by atoms with Crippen molar-refractivity contribution in [3.05, 3.63) is 35.5 Å². The third-order valence-electron chi connectivity index (χ3n) is 3.10. The fourth-order valence-electron chi connectivity index (χ4n) is 2.07. The molecule has 108 valence electrons. The number of amides is 1. The van der Waals surface area contributed by atoms with Crippen LogP contribution in [0.2, 0.25) is 0 Å². The van der Waals surface area contributed by atoms with Gasteiger partial charge in [-0.05, 0) is 30.7 Å². The van der Waals surface area contributed by atoms with Crippen LogP contribution in [0.5, 0.6) is 5.75 Å². The number of aliphatic hydroxyl groups excluding tert-OH is 1. The van der Waals surface area contributed by atoms with Crippen LogP contribution in [0.25, 0.3) is 6.08 Å². The molecule has 0 aromatic heterocycles. The highest BCUT2D eigenvalue weighted by Gasteiger charge is 2.32. The first-order valence-corrected chi connectivity index (χ1v) is 6.35. The lowest BCUT2D eigenvalue weighted by atomic mass is 10.2. The van der Waals surface area contributed by atoms with Crippen LogP contribution in [0, 0.1) is 0 Å².